The van der Waals surface area contributed by atoms with Crippen molar-refractivity contribution in [1.29, 1.82) is 0 Å². The van der Waals surface area contributed by atoms with Crippen molar-refractivity contribution >= 4 is 5.52 Å². The summed E-state index contributed by atoms with van der Waals surface area (Å²) in [5.74, 6) is 0. The van der Waals surface area contributed by atoms with Crippen LogP contribution in [0.2, 0.25) is 0 Å². The predicted octanol–water partition coefficient (Wildman–Crippen LogP) is 3.80. The lowest BCUT2D eigenvalue weighted by molar-refractivity contribution is 0.557. The highest BCUT2D eigenvalue weighted by molar-refractivity contribution is 5.54. The van der Waals surface area contributed by atoms with Gasteiger partial charge in [-0.1, -0.05) is 33.8 Å². The highest BCUT2D eigenvalue weighted by Gasteiger charge is 2.21. The maximum absolute atomic E-state index is 2.32. The zero-order valence-corrected chi connectivity index (χ0v) is 10.0. The van der Waals surface area contributed by atoms with Gasteiger partial charge in [-0.05, 0) is 30.2 Å². The number of fused-ring (bicyclic) bond motifs is 1. The fraction of sp³-hybridized carbons (Fsp3) is 0.429. The van der Waals surface area contributed by atoms with E-state index in [4.69, 9.17) is 0 Å². The molecule has 2 heterocycles. The molecule has 0 aliphatic carbocycles. The highest BCUT2D eigenvalue weighted by Crippen LogP contribution is 2.29. The average molecular weight is 201 g/mol. The first-order chi connectivity index (χ1) is 7.04. The minimum atomic E-state index is 0.207. The zero-order chi connectivity index (χ0) is 11.1. The van der Waals surface area contributed by atoms with Crippen molar-refractivity contribution in [3.63, 3.8) is 0 Å². The van der Waals surface area contributed by atoms with Crippen molar-refractivity contribution in [2.24, 2.45) is 0 Å². The quantitative estimate of drug-likeness (QED) is 0.661. The van der Waals surface area contributed by atoms with Gasteiger partial charge in [0.25, 0.3) is 0 Å². The highest BCUT2D eigenvalue weighted by atomic mass is 14.9. The number of aryl methyl sites for hydroxylation is 1. The van der Waals surface area contributed by atoms with E-state index in [9.17, 15) is 0 Å². The van der Waals surface area contributed by atoms with Crippen molar-refractivity contribution in [2.75, 3.05) is 0 Å². The Morgan fingerprint density at radius 3 is 2.53 bits per heavy atom. The molecule has 0 unspecified atom stereocenters. The molecular weight excluding hydrogens is 182 g/mol. The smallest absolute Gasteiger partial charge is 0.0455 e. The standard InChI is InChI=1S/C14H19N/c1-5-11-10-12-8-6-7-9-15(12)13(11)14(2,3)4/h6-10H,5H2,1-4H3. The molecule has 2 rings (SSSR count). The van der Waals surface area contributed by atoms with Crippen LogP contribution in [-0.4, -0.2) is 4.40 Å². The molecule has 0 atom stereocenters. The Hall–Kier alpha value is -1.24. The fourth-order valence-corrected chi connectivity index (χ4v) is 2.29. The van der Waals surface area contributed by atoms with Crippen LogP contribution in [0.5, 0.6) is 0 Å². The van der Waals surface area contributed by atoms with Crippen LogP contribution in [0.1, 0.15) is 39.0 Å². The molecule has 2 aromatic rings. The summed E-state index contributed by atoms with van der Waals surface area (Å²) in [6, 6.07) is 8.68. The minimum absolute atomic E-state index is 0.207. The fourth-order valence-electron chi connectivity index (χ4n) is 2.29. The number of hydrogen-bond donors (Lipinski definition) is 0. The van der Waals surface area contributed by atoms with E-state index in [0.717, 1.165) is 6.42 Å². The summed E-state index contributed by atoms with van der Waals surface area (Å²) in [6.45, 7) is 9.06. The molecule has 0 saturated carbocycles. The van der Waals surface area contributed by atoms with Gasteiger partial charge in [-0.15, -0.1) is 0 Å². The second-order valence-corrected chi connectivity index (χ2v) is 5.12. The van der Waals surface area contributed by atoms with Crippen LogP contribution in [0.4, 0.5) is 0 Å². The first-order valence-corrected chi connectivity index (χ1v) is 5.63. The molecule has 1 heteroatoms. The largest absolute Gasteiger partial charge is 0.320 e. The van der Waals surface area contributed by atoms with Crippen molar-refractivity contribution < 1.29 is 0 Å². The van der Waals surface area contributed by atoms with Gasteiger partial charge in [0.2, 0.25) is 0 Å². The second kappa shape index (κ2) is 3.41. The third kappa shape index (κ3) is 1.67. The first kappa shape index (κ1) is 10.3. The molecule has 0 aliphatic rings. The molecule has 0 aromatic carbocycles. The lowest BCUT2D eigenvalue weighted by atomic mass is 9.89. The summed E-state index contributed by atoms with van der Waals surface area (Å²) in [5, 5.41) is 0. The van der Waals surface area contributed by atoms with E-state index in [0.29, 0.717) is 0 Å². The summed E-state index contributed by atoms with van der Waals surface area (Å²) < 4.78 is 2.32. The summed E-state index contributed by atoms with van der Waals surface area (Å²) in [7, 11) is 0. The molecule has 0 N–H and O–H groups in total. The summed E-state index contributed by atoms with van der Waals surface area (Å²) in [6.07, 6.45) is 3.27. The Morgan fingerprint density at radius 1 is 1.20 bits per heavy atom. The van der Waals surface area contributed by atoms with Crippen molar-refractivity contribution in [3.8, 4) is 0 Å². The zero-order valence-electron chi connectivity index (χ0n) is 10.0. The monoisotopic (exact) mass is 201 g/mol. The van der Waals surface area contributed by atoms with Gasteiger partial charge in [0.15, 0.2) is 0 Å². The minimum Gasteiger partial charge on any atom is -0.320 e. The molecule has 2 aromatic heterocycles. The number of hydrogen-bond acceptors (Lipinski definition) is 0. The van der Waals surface area contributed by atoms with Crippen LogP contribution in [0.15, 0.2) is 30.5 Å². The van der Waals surface area contributed by atoms with Gasteiger partial charge in [0.1, 0.15) is 0 Å². The van der Waals surface area contributed by atoms with Crippen LogP contribution in [-0.2, 0) is 11.8 Å². The summed E-state index contributed by atoms with van der Waals surface area (Å²) in [4.78, 5) is 0. The molecule has 1 nitrogen and oxygen atoms in total. The Bertz CT molecular complexity index is 472. The van der Waals surface area contributed by atoms with Crippen molar-refractivity contribution in [3.05, 3.63) is 41.7 Å². The van der Waals surface area contributed by atoms with E-state index in [2.05, 4.69) is 62.6 Å². The van der Waals surface area contributed by atoms with E-state index in [-0.39, 0.29) is 5.41 Å². The molecular formula is C14H19N. The van der Waals surface area contributed by atoms with Crippen LogP contribution >= 0.6 is 0 Å². The topological polar surface area (TPSA) is 4.41 Å². The predicted molar refractivity (Wildman–Crippen MR) is 65.5 cm³/mol. The van der Waals surface area contributed by atoms with E-state index in [1.54, 1.807) is 0 Å². The molecule has 0 radical (unpaired) electrons. The first-order valence-electron chi connectivity index (χ1n) is 5.63. The van der Waals surface area contributed by atoms with E-state index in [1.807, 2.05) is 0 Å². The number of aromatic nitrogens is 1. The normalized spacial score (nSPS) is 12.3. The SMILES string of the molecule is CCc1cc2ccccn2c1C(C)(C)C. The van der Waals surface area contributed by atoms with Crippen LogP contribution in [0, 0.1) is 0 Å². The summed E-state index contributed by atoms with van der Waals surface area (Å²) >= 11 is 0. The van der Waals surface area contributed by atoms with Crippen molar-refractivity contribution in [1.82, 2.24) is 4.40 Å². The van der Waals surface area contributed by atoms with Gasteiger partial charge >= 0.3 is 0 Å². The molecule has 15 heavy (non-hydrogen) atoms. The third-order valence-corrected chi connectivity index (χ3v) is 2.85. The molecule has 0 spiro atoms. The van der Waals surface area contributed by atoms with Crippen molar-refractivity contribution in [2.45, 2.75) is 39.5 Å². The third-order valence-electron chi connectivity index (χ3n) is 2.85. The Morgan fingerprint density at radius 2 is 1.93 bits per heavy atom. The Kier molecular flexibility index (Phi) is 2.34. The van der Waals surface area contributed by atoms with Crippen LogP contribution in [0.25, 0.3) is 5.52 Å². The van der Waals surface area contributed by atoms with Crippen LogP contribution in [0.3, 0.4) is 0 Å². The van der Waals surface area contributed by atoms with Gasteiger partial charge in [-0.25, -0.2) is 0 Å². The van der Waals surface area contributed by atoms with Gasteiger partial charge in [0, 0.05) is 22.8 Å². The van der Waals surface area contributed by atoms with Gasteiger partial charge in [0.05, 0.1) is 0 Å². The molecule has 0 saturated heterocycles. The number of nitrogens with zero attached hydrogens (tertiary/aromatic N) is 1. The Labute approximate surface area is 91.7 Å². The molecule has 80 valence electrons. The van der Waals surface area contributed by atoms with Gasteiger partial charge in [-0.3, -0.25) is 0 Å². The number of pyridine rings is 1. The Balaban J connectivity index is 2.79. The van der Waals surface area contributed by atoms with E-state index < -0.39 is 0 Å². The van der Waals surface area contributed by atoms with Gasteiger partial charge < -0.3 is 4.40 Å². The maximum Gasteiger partial charge on any atom is 0.0455 e. The molecule has 0 bridgehead atoms. The van der Waals surface area contributed by atoms with E-state index >= 15 is 0 Å². The maximum atomic E-state index is 2.32. The molecule has 0 aliphatic heterocycles. The number of rotatable bonds is 1. The molecule has 0 fully saturated rings. The van der Waals surface area contributed by atoms with Gasteiger partial charge in [-0.2, -0.15) is 0 Å². The lowest BCUT2D eigenvalue weighted by Crippen LogP contribution is -2.16. The van der Waals surface area contributed by atoms with Crippen LogP contribution < -0.4 is 0 Å². The molecule has 0 amide bonds. The average Bonchev–Trinajstić information content (AvgIpc) is 2.54. The van der Waals surface area contributed by atoms with E-state index in [1.165, 1.54) is 16.8 Å². The lowest BCUT2D eigenvalue weighted by Gasteiger charge is -2.21. The summed E-state index contributed by atoms with van der Waals surface area (Å²) in [5.41, 5.74) is 4.42. The second-order valence-electron chi connectivity index (χ2n) is 5.12.